The first-order chi connectivity index (χ1) is 10.6. The van der Waals surface area contributed by atoms with Crippen LogP contribution in [0.5, 0.6) is 0 Å². The molecule has 1 N–H and O–H groups in total. The molecule has 0 aliphatic rings. The van der Waals surface area contributed by atoms with Crippen molar-refractivity contribution in [2.75, 3.05) is 0 Å². The second kappa shape index (κ2) is 7.38. The number of hydrogen-bond donors (Lipinski definition) is 1. The van der Waals surface area contributed by atoms with Crippen molar-refractivity contribution in [3.05, 3.63) is 71.8 Å². The van der Waals surface area contributed by atoms with Gasteiger partial charge < -0.3 is 5.11 Å². The maximum Gasteiger partial charge on any atom is 0.328 e. The standard InChI is InChI=1S/C17H17NO4/c1-13(17(20)21)18(16(19)15-10-6-3-7-11-15)22-12-14-8-4-2-5-9-14/h2-11,13H,12H2,1H3,(H,20,21). The van der Waals surface area contributed by atoms with Crippen LogP contribution in [0.25, 0.3) is 0 Å². The van der Waals surface area contributed by atoms with Gasteiger partial charge in [-0.2, -0.15) is 0 Å². The lowest BCUT2D eigenvalue weighted by molar-refractivity contribution is -0.178. The molecule has 0 aromatic heterocycles. The molecule has 2 aromatic carbocycles. The van der Waals surface area contributed by atoms with Gasteiger partial charge in [0.25, 0.3) is 5.91 Å². The van der Waals surface area contributed by atoms with E-state index >= 15 is 0 Å². The zero-order valence-corrected chi connectivity index (χ0v) is 12.2. The van der Waals surface area contributed by atoms with E-state index < -0.39 is 17.9 Å². The third-order valence-electron chi connectivity index (χ3n) is 3.14. The van der Waals surface area contributed by atoms with E-state index in [-0.39, 0.29) is 6.61 Å². The predicted molar refractivity (Wildman–Crippen MR) is 80.9 cm³/mol. The fourth-order valence-electron chi connectivity index (χ4n) is 1.87. The van der Waals surface area contributed by atoms with Crippen LogP contribution in [0.3, 0.4) is 0 Å². The highest BCUT2D eigenvalue weighted by Gasteiger charge is 2.27. The molecular formula is C17H17NO4. The minimum atomic E-state index is -1.13. The van der Waals surface area contributed by atoms with E-state index in [0.29, 0.717) is 5.56 Å². The largest absolute Gasteiger partial charge is 0.480 e. The van der Waals surface area contributed by atoms with Crippen LogP contribution in [0.15, 0.2) is 60.7 Å². The number of aliphatic carboxylic acids is 1. The van der Waals surface area contributed by atoms with Gasteiger partial charge >= 0.3 is 5.97 Å². The van der Waals surface area contributed by atoms with Gasteiger partial charge in [-0.05, 0) is 24.6 Å². The van der Waals surface area contributed by atoms with Crippen molar-refractivity contribution >= 4 is 11.9 Å². The Bertz CT molecular complexity index is 628. The molecule has 5 heteroatoms. The minimum absolute atomic E-state index is 0.122. The molecule has 2 rings (SSSR count). The number of hydrogen-bond acceptors (Lipinski definition) is 3. The van der Waals surface area contributed by atoms with Crippen molar-refractivity contribution in [1.29, 1.82) is 0 Å². The van der Waals surface area contributed by atoms with Gasteiger partial charge in [0.1, 0.15) is 6.61 Å². The summed E-state index contributed by atoms with van der Waals surface area (Å²) in [5.41, 5.74) is 1.23. The number of nitrogens with zero attached hydrogens (tertiary/aromatic N) is 1. The van der Waals surface area contributed by atoms with Crippen LogP contribution in [0.1, 0.15) is 22.8 Å². The average molecular weight is 299 g/mol. The van der Waals surface area contributed by atoms with Crippen molar-refractivity contribution < 1.29 is 19.5 Å². The number of benzene rings is 2. The van der Waals surface area contributed by atoms with E-state index in [1.54, 1.807) is 30.3 Å². The van der Waals surface area contributed by atoms with Gasteiger partial charge in [0.05, 0.1) is 0 Å². The third kappa shape index (κ3) is 3.93. The molecule has 1 unspecified atom stereocenters. The predicted octanol–water partition coefficient (Wildman–Crippen LogP) is 2.73. The van der Waals surface area contributed by atoms with Gasteiger partial charge in [-0.25, -0.2) is 9.86 Å². The molecule has 1 amide bonds. The summed E-state index contributed by atoms with van der Waals surface area (Å²) in [6, 6.07) is 16.6. The molecule has 0 aliphatic heterocycles. The monoisotopic (exact) mass is 299 g/mol. The number of rotatable bonds is 6. The van der Waals surface area contributed by atoms with Gasteiger partial charge in [0.15, 0.2) is 6.04 Å². The summed E-state index contributed by atoms with van der Waals surface area (Å²) in [4.78, 5) is 29.1. The highest BCUT2D eigenvalue weighted by atomic mass is 16.7. The van der Waals surface area contributed by atoms with Gasteiger partial charge in [-0.15, -0.1) is 0 Å². The molecule has 0 saturated carbocycles. The molecule has 0 saturated heterocycles. The second-order valence-electron chi connectivity index (χ2n) is 4.77. The number of carboxylic acid groups (broad SMARTS) is 1. The summed E-state index contributed by atoms with van der Waals surface area (Å²) in [6.45, 7) is 1.53. The molecule has 114 valence electrons. The summed E-state index contributed by atoms with van der Waals surface area (Å²) in [5, 5.41) is 10.1. The van der Waals surface area contributed by atoms with Gasteiger partial charge in [-0.1, -0.05) is 48.5 Å². The third-order valence-corrected chi connectivity index (χ3v) is 3.14. The van der Waals surface area contributed by atoms with Crippen LogP contribution in [-0.2, 0) is 16.2 Å². The van der Waals surface area contributed by atoms with Crippen LogP contribution < -0.4 is 0 Å². The zero-order valence-electron chi connectivity index (χ0n) is 12.2. The lowest BCUT2D eigenvalue weighted by Gasteiger charge is -2.25. The van der Waals surface area contributed by atoms with Crippen molar-refractivity contribution in [2.24, 2.45) is 0 Å². The van der Waals surface area contributed by atoms with Gasteiger partial charge in [0, 0.05) is 5.56 Å². The van der Waals surface area contributed by atoms with E-state index in [0.717, 1.165) is 10.6 Å². The number of carbonyl (C=O) groups is 2. The van der Waals surface area contributed by atoms with Crippen molar-refractivity contribution in [3.63, 3.8) is 0 Å². The Hall–Kier alpha value is -2.66. The van der Waals surface area contributed by atoms with E-state index in [1.807, 2.05) is 30.3 Å². The molecule has 0 bridgehead atoms. The fraction of sp³-hybridized carbons (Fsp3) is 0.176. The van der Waals surface area contributed by atoms with E-state index in [9.17, 15) is 14.7 Å². The number of amides is 1. The quantitative estimate of drug-likeness (QED) is 0.833. The Morgan fingerprint density at radius 1 is 1.05 bits per heavy atom. The highest BCUT2D eigenvalue weighted by molar-refractivity contribution is 5.95. The smallest absolute Gasteiger partial charge is 0.328 e. The molecule has 5 nitrogen and oxygen atoms in total. The molecule has 2 aromatic rings. The van der Waals surface area contributed by atoms with Crippen molar-refractivity contribution in [2.45, 2.75) is 19.6 Å². The molecule has 0 spiro atoms. The Kier molecular flexibility index (Phi) is 5.27. The average Bonchev–Trinajstić information content (AvgIpc) is 2.56. The number of hydroxylamine groups is 2. The van der Waals surface area contributed by atoms with Gasteiger partial charge in [0.2, 0.25) is 0 Å². The van der Waals surface area contributed by atoms with Gasteiger partial charge in [-0.3, -0.25) is 9.63 Å². The number of carboxylic acids is 1. The molecule has 0 radical (unpaired) electrons. The van der Waals surface area contributed by atoms with E-state index in [4.69, 9.17) is 4.84 Å². The van der Waals surface area contributed by atoms with Crippen LogP contribution >= 0.6 is 0 Å². The zero-order chi connectivity index (χ0) is 15.9. The molecule has 22 heavy (non-hydrogen) atoms. The Labute approximate surface area is 128 Å². The normalized spacial score (nSPS) is 11.7. The molecule has 0 heterocycles. The maximum absolute atomic E-state index is 12.4. The second-order valence-corrected chi connectivity index (χ2v) is 4.77. The maximum atomic E-state index is 12.4. The number of carbonyl (C=O) groups excluding carboxylic acids is 1. The first-order valence-electron chi connectivity index (χ1n) is 6.88. The topological polar surface area (TPSA) is 66.8 Å². The summed E-state index contributed by atoms with van der Waals surface area (Å²) >= 11 is 0. The van der Waals surface area contributed by atoms with Crippen LogP contribution in [0.2, 0.25) is 0 Å². The van der Waals surface area contributed by atoms with Crippen LogP contribution in [0, 0.1) is 0 Å². The van der Waals surface area contributed by atoms with Crippen LogP contribution in [0.4, 0.5) is 0 Å². The summed E-state index contributed by atoms with van der Waals surface area (Å²) in [5.74, 6) is -1.61. The lowest BCUT2D eigenvalue weighted by atomic mass is 10.2. The first-order valence-corrected chi connectivity index (χ1v) is 6.88. The first kappa shape index (κ1) is 15.7. The Balaban J connectivity index is 2.16. The molecular weight excluding hydrogens is 282 g/mol. The highest BCUT2D eigenvalue weighted by Crippen LogP contribution is 2.12. The summed E-state index contributed by atoms with van der Waals surface area (Å²) in [6.07, 6.45) is 0. The molecule has 0 aliphatic carbocycles. The van der Waals surface area contributed by atoms with E-state index in [2.05, 4.69) is 0 Å². The van der Waals surface area contributed by atoms with E-state index in [1.165, 1.54) is 6.92 Å². The minimum Gasteiger partial charge on any atom is -0.480 e. The van der Waals surface area contributed by atoms with Crippen molar-refractivity contribution in [1.82, 2.24) is 5.06 Å². The Morgan fingerprint density at radius 3 is 2.14 bits per heavy atom. The Morgan fingerprint density at radius 2 is 1.59 bits per heavy atom. The lowest BCUT2D eigenvalue weighted by Crippen LogP contribution is -2.43. The fourth-order valence-corrected chi connectivity index (χ4v) is 1.87. The van der Waals surface area contributed by atoms with Crippen molar-refractivity contribution in [3.8, 4) is 0 Å². The molecule has 1 atom stereocenters. The molecule has 0 fully saturated rings. The van der Waals surface area contributed by atoms with Crippen LogP contribution in [-0.4, -0.2) is 28.1 Å². The SMILES string of the molecule is CC(C(=O)O)N(OCc1ccccc1)C(=O)c1ccccc1. The summed E-state index contributed by atoms with van der Waals surface area (Å²) < 4.78 is 0. The summed E-state index contributed by atoms with van der Waals surface area (Å²) in [7, 11) is 0.